The molecule has 0 amide bonds. The zero-order chi connectivity index (χ0) is 13.4. The normalized spacial score (nSPS) is 10.8. The van der Waals surface area contributed by atoms with Crippen molar-refractivity contribution in [2.75, 3.05) is 0 Å². The number of aromatic nitrogens is 2. The van der Waals surface area contributed by atoms with E-state index in [1.165, 1.54) is 11.1 Å². The van der Waals surface area contributed by atoms with Crippen LogP contribution in [0, 0.1) is 25.2 Å². The van der Waals surface area contributed by atoms with Crippen molar-refractivity contribution in [2.45, 2.75) is 20.3 Å². The molecule has 0 aliphatic rings. The summed E-state index contributed by atoms with van der Waals surface area (Å²) in [6.07, 6.45) is 2.35. The zero-order valence-corrected chi connectivity index (χ0v) is 11.7. The molecule has 1 aromatic carbocycles. The van der Waals surface area contributed by atoms with Crippen LogP contribution in [-0.2, 0) is 6.42 Å². The molecule has 2 aromatic heterocycles. The number of hydrogen-bond donors (Lipinski definition) is 0. The monoisotopic (exact) mass is 267 g/mol. The van der Waals surface area contributed by atoms with Crippen molar-refractivity contribution < 1.29 is 0 Å². The predicted molar refractivity (Wildman–Crippen MR) is 77.3 cm³/mol. The maximum absolute atomic E-state index is 9.03. The molecule has 0 radical (unpaired) electrons. The summed E-state index contributed by atoms with van der Waals surface area (Å²) in [6.45, 7) is 4.17. The van der Waals surface area contributed by atoms with Gasteiger partial charge in [0, 0.05) is 17.1 Å². The Morgan fingerprint density at radius 3 is 2.95 bits per heavy atom. The fourth-order valence-corrected chi connectivity index (χ4v) is 3.10. The van der Waals surface area contributed by atoms with E-state index in [0.717, 1.165) is 21.9 Å². The third kappa shape index (κ3) is 1.92. The Kier molecular flexibility index (Phi) is 2.84. The lowest BCUT2D eigenvalue weighted by Crippen LogP contribution is -1.93. The summed E-state index contributed by atoms with van der Waals surface area (Å²) in [5, 5.41) is 11.0. The van der Waals surface area contributed by atoms with Crippen LogP contribution in [0.5, 0.6) is 0 Å². The molecular formula is C15H13N3S. The number of imidazole rings is 1. The van der Waals surface area contributed by atoms with Crippen molar-refractivity contribution in [3.8, 4) is 17.3 Å². The van der Waals surface area contributed by atoms with Gasteiger partial charge in [0.1, 0.15) is 0 Å². The van der Waals surface area contributed by atoms with E-state index in [0.29, 0.717) is 6.42 Å². The summed E-state index contributed by atoms with van der Waals surface area (Å²) in [7, 11) is 0. The first-order chi connectivity index (χ1) is 9.20. The molecular weight excluding hydrogens is 254 g/mol. The van der Waals surface area contributed by atoms with E-state index in [2.05, 4.69) is 43.1 Å². The summed E-state index contributed by atoms with van der Waals surface area (Å²) in [5.41, 5.74) is 5.47. The van der Waals surface area contributed by atoms with Gasteiger partial charge in [0.2, 0.25) is 0 Å². The van der Waals surface area contributed by atoms with Crippen LogP contribution in [-0.4, -0.2) is 9.38 Å². The average Bonchev–Trinajstić information content (AvgIpc) is 2.93. The molecule has 0 saturated carbocycles. The van der Waals surface area contributed by atoms with Gasteiger partial charge >= 0.3 is 0 Å². The highest BCUT2D eigenvalue weighted by Gasteiger charge is 2.15. The van der Waals surface area contributed by atoms with E-state index in [-0.39, 0.29) is 0 Å². The fraction of sp³-hybridized carbons (Fsp3) is 0.200. The van der Waals surface area contributed by atoms with E-state index < -0.39 is 0 Å². The first kappa shape index (κ1) is 11.9. The van der Waals surface area contributed by atoms with Crippen LogP contribution in [0.1, 0.15) is 16.8 Å². The van der Waals surface area contributed by atoms with Crippen LogP contribution < -0.4 is 0 Å². The second-order valence-corrected chi connectivity index (χ2v) is 5.49. The minimum Gasteiger partial charge on any atom is -0.293 e. The molecule has 0 atom stereocenters. The molecule has 3 nitrogen and oxygen atoms in total. The van der Waals surface area contributed by atoms with Crippen LogP contribution in [0.4, 0.5) is 0 Å². The Balaban J connectivity index is 2.26. The molecule has 94 valence electrons. The number of nitriles is 1. The maximum atomic E-state index is 9.03. The highest BCUT2D eigenvalue weighted by Crippen LogP contribution is 2.29. The fourth-order valence-electron chi connectivity index (χ4n) is 2.37. The van der Waals surface area contributed by atoms with Crippen molar-refractivity contribution in [3.05, 3.63) is 46.6 Å². The SMILES string of the molecule is Cc1ccc(-c2nc3sccn3c2CC#N)c(C)c1. The van der Waals surface area contributed by atoms with E-state index in [1.807, 2.05) is 16.0 Å². The van der Waals surface area contributed by atoms with E-state index >= 15 is 0 Å². The number of rotatable bonds is 2. The van der Waals surface area contributed by atoms with Crippen LogP contribution in [0.2, 0.25) is 0 Å². The van der Waals surface area contributed by atoms with Crippen LogP contribution >= 0.6 is 11.3 Å². The maximum Gasteiger partial charge on any atom is 0.194 e. The number of hydrogen-bond acceptors (Lipinski definition) is 3. The van der Waals surface area contributed by atoms with Gasteiger partial charge in [-0.15, -0.1) is 11.3 Å². The van der Waals surface area contributed by atoms with Gasteiger partial charge in [0.05, 0.1) is 23.9 Å². The molecule has 19 heavy (non-hydrogen) atoms. The van der Waals surface area contributed by atoms with Gasteiger partial charge in [-0.25, -0.2) is 4.98 Å². The molecule has 4 heteroatoms. The van der Waals surface area contributed by atoms with Gasteiger partial charge in [0.15, 0.2) is 4.96 Å². The molecule has 0 aliphatic carbocycles. The topological polar surface area (TPSA) is 41.1 Å². The summed E-state index contributed by atoms with van der Waals surface area (Å²) in [6, 6.07) is 8.57. The van der Waals surface area contributed by atoms with Gasteiger partial charge in [-0.05, 0) is 19.4 Å². The minimum atomic E-state index is 0.376. The molecule has 2 heterocycles. The molecule has 0 spiro atoms. The van der Waals surface area contributed by atoms with E-state index in [1.54, 1.807) is 11.3 Å². The summed E-state index contributed by atoms with van der Waals surface area (Å²) < 4.78 is 2.02. The summed E-state index contributed by atoms with van der Waals surface area (Å²) in [5.74, 6) is 0. The van der Waals surface area contributed by atoms with Gasteiger partial charge in [-0.3, -0.25) is 4.40 Å². The molecule has 0 N–H and O–H groups in total. The van der Waals surface area contributed by atoms with E-state index in [9.17, 15) is 0 Å². The number of aryl methyl sites for hydroxylation is 2. The number of nitrogens with zero attached hydrogens (tertiary/aromatic N) is 3. The lowest BCUT2D eigenvalue weighted by Gasteiger charge is -2.06. The molecule has 3 aromatic rings. The van der Waals surface area contributed by atoms with Gasteiger partial charge < -0.3 is 0 Å². The standard InChI is InChI=1S/C15H13N3S/c1-10-3-4-12(11(2)9-10)14-13(5-6-16)18-7-8-19-15(18)17-14/h3-4,7-9H,5H2,1-2H3. The number of thiazole rings is 1. The second kappa shape index (κ2) is 4.52. The Morgan fingerprint density at radius 2 is 2.21 bits per heavy atom. The van der Waals surface area contributed by atoms with Crippen LogP contribution in [0.25, 0.3) is 16.2 Å². The largest absolute Gasteiger partial charge is 0.293 e. The quantitative estimate of drug-likeness (QED) is 0.709. The Bertz CT molecular complexity index is 789. The first-order valence-electron chi connectivity index (χ1n) is 6.09. The van der Waals surface area contributed by atoms with Crippen LogP contribution in [0.15, 0.2) is 29.8 Å². The van der Waals surface area contributed by atoms with Crippen molar-refractivity contribution in [3.63, 3.8) is 0 Å². The van der Waals surface area contributed by atoms with Crippen molar-refractivity contribution >= 4 is 16.3 Å². The predicted octanol–water partition coefficient (Wildman–Crippen LogP) is 3.75. The lowest BCUT2D eigenvalue weighted by molar-refractivity contribution is 1.07. The third-order valence-corrected chi connectivity index (χ3v) is 4.00. The lowest BCUT2D eigenvalue weighted by atomic mass is 10.0. The van der Waals surface area contributed by atoms with Crippen molar-refractivity contribution in [1.82, 2.24) is 9.38 Å². The zero-order valence-electron chi connectivity index (χ0n) is 10.8. The number of fused-ring (bicyclic) bond motifs is 1. The number of benzene rings is 1. The smallest absolute Gasteiger partial charge is 0.194 e. The molecule has 3 rings (SSSR count). The first-order valence-corrected chi connectivity index (χ1v) is 6.97. The minimum absolute atomic E-state index is 0.376. The Hall–Kier alpha value is -2.12. The van der Waals surface area contributed by atoms with Gasteiger partial charge in [0.25, 0.3) is 0 Å². The molecule has 0 bridgehead atoms. The molecule has 0 aliphatic heterocycles. The van der Waals surface area contributed by atoms with Gasteiger partial charge in [-0.1, -0.05) is 23.8 Å². The average molecular weight is 267 g/mol. The highest BCUT2D eigenvalue weighted by molar-refractivity contribution is 7.15. The molecule has 0 saturated heterocycles. The van der Waals surface area contributed by atoms with Crippen molar-refractivity contribution in [1.29, 1.82) is 5.26 Å². The van der Waals surface area contributed by atoms with Crippen molar-refractivity contribution in [2.24, 2.45) is 0 Å². The van der Waals surface area contributed by atoms with Crippen LogP contribution in [0.3, 0.4) is 0 Å². The Morgan fingerprint density at radius 1 is 1.37 bits per heavy atom. The second-order valence-electron chi connectivity index (χ2n) is 4.62. The highest BCUT2D eigenvalue weighted by atomic mass is 32.1. The Labute approximate surface area is 115 Å². The summed E-state index contributed by atoms with van der Waals surface area (Å²) >= 11 is 1.59. The molecule has 0 unspecified atom stereocenters. The molecule has 0 fully saturated rings. The van der Waals surface area contributed by atoms with E-state index in [4.69, 9.17) is 5.26 Å². The van der Waals surface area contributed by atoms with Gasteiger partial charge in [-0.2, -0.15) is 5.26 Å². The third-order valence-electron chi connectivity index (χ3n) is 3.24. The summed E-state index contributed by atoms with van der Waals surface area (Å²) in [4.78, 5) is 5.63.